The minimum absolute atomic E-state index is 0.0265. The van der Waals surface area contributed by atoms with Crippen molar-refractivity contribution < 1.29 is 5.11 Å². The number of rotatable bonds is 5. The zero-order chi connectivity index (χ0) is 17.0. The number of nitrogens with two attached hydrogens (primary N) is 1. The molecular weight excluding hydrogens is 349 g/mol. The molecule has 0 fully saturated rings. The van der Waals surface area contributed by atoms with Gasteiger partial charge in [-0.1, -0.05) is 60.5 Å². The third-order valence-electron chi connectivity index (χ3n) is 4.02. The van der Waals surface area contributed by atoms with Gasteiger partial charge in [-0.15, -0.1) is 11.8 Å². The Balaban J connectivity index is 0.000000260. The third kappa shape index (κ3) is 4.88. The monoisotopic (exact) mass is 369 g/mol. The van der Waals surface area contributed by atoms with Crippen molar-refractivity contribution in [3.05, 3.63) is 68.5 Å². The smallest absolute Gasteiger partial charge is 0.111 e. The molecule has 0 aliphatic heterocycles. The second-order valence-electron chi connectivity index (χ2n) is 5.79. The lowest BCUT2D eigenvalue weighted by Crippen LogP contribution is -2.34. The van der Waals surface area contributed by atoms with E-state index < -0.39 is 4.93 Å². The molecule has 23 heavy (non-hydrogen) atoms. The number of hydrogen-bond acceptors (Lipinski definition) is 3. The maximum atomic E-state index is 10.2. The van der Waals surface area contributed by atoms with Crippen LogP contribution in [0.5, 0.6) is 0 Å². The molecule has 1 aromatic carbocycles. The second kappa shape index (κ2) is 7.91. The maximum Gasteiger partial charge on any atom is 0.111 e. The summed E-state index contributed by atoms with van der Waals surface area (Å²) in [7, 11) is 0. The number of thioether (sulfide) groups is 1. The first kappa shape index (κ1) is 18.6. The van der Waals surface area contributed by atoms with E-state index in [0.29, 0.717) is 22.3 Å². The molecule has 2 atom stereocenters. The molecule has 0 saturated carbocycles. The highest BCUT2D eigenvalue weighted by atomic mass is 35.5. The van der Waals surface area contributed by atoms with Crippen LogP contribution in [0.2, 0.25) is 10.0 Å². The van der Waals surface area contributed by atoms with Crippen LogP contribution in [-0.4, -0.2) is 16.6 Å². The van der Waals surface area contributed by atoms with E-state index in [4.69, 9.17) is 28.9 Å². The van der Waals surface area contributed by atoms with Crippen LogP contribution in [-0.2, 0) is 5.75 Å². The van der Waals surface area contributed by atoms with E-state index in [1.807, 2.05) is 13.0 Å². The molecule has 2 aliphatic carbocycles. The molecule has 0 aromatic heterocycles. The fourth-order valence-corrected chi connectivity index (χ4v) is 3.52. The summed E-state index contributed by atoms with van der Waals surface area (Å²) in [6, 6.07) is 13.9. The zero-order valence-electron chi connectivity index (χ0n) is 13.2. The lowest BCUT2D eigenvalue weighted by atomic mass is 10.1. The largest absolute Gasteiger partial charge is 0.379 e. The van der Waals surface area contributed by atoms with Crippen molar-refractivity contribution in [3.8, 4) is 0 Å². The number of aliphatic hydroxyl groups is 1. The first-order valence-corrected chi connectivity index (χ1v) is 9.18. The molecule has 0 amide bonds. The normalized spacial score (nSPS) is 15.2. The molecule has 0 saturated heterocycles. The Morgan fingerprint density at radius 3 is 2.09 bits per heavy atom. The first-order chi connectivity index (χ1) is 10.8. The molecule has 0 heterocycles. The van der Waals surface area contributed by atoms with Crippen molar-refractivity contribution in [2.24, 2.45) is 11.7 Å². The molecule has 1 aromatic rings. The Kier molecular flexibility index (Phi) is 6.40. The molecule has 2 aliphatic rings. The molecule has 0 radical (unpaired) electrons. The maximum absolute atomic E-state index is 10.2. The van der Waals surface area contributed by atoms with Crippen LogP contribution in [0.3, 0.4) is 0 Å². The second-order valence-corrected chi connectivity index (χ2v) is 8.04. The number of hydrogen-bond donors (Lipinski definition) is 2. The van der Waals surface area contributed by atoms with Gasteiger partial charge in [-0.3, -0.25) is 0 Å². The molecule has 0 bridgehead atoms. The quantitative estimate of drug-likeness (QED) is 0.633. The van der Waals surface area contributed by atoms with E-state index in [1.54, 1.807) is 19.1 Å². The Labute approximate surface area is 151 Å². The van der Waals surface area contributed by atoms with E-state index in [9.17, 15) is 5.11 Å². The highest BCUT2D eigenvalue weighted by Gasteiger charge is 2.27. The minimum Gasteiger partial charge on any atom is -0.379 e. The van der Waals surface area contributed by atoms with Crippen molar-refractivity contribution in [2.45, 2.75) is 24.5 Å². The summed E-state index contributed by atoms with van der Waals surface area (Å²) < 4.78 is 0. The number of halogens is 2. The van der Waals surface area contributed by atoms with Gasteiger partial charge >= 0.3 is 0 Å². The summed E-state index contributed by atoms with van der Waals surface area (Å²) in [6.45, 7) is 4.16. The van der Waals surface area contributed by atoms with Crippen molar-refractivity contribution in [2.75, 3.05) is 6.54 Å². The summed E-state index contributed by atoms with van der Waals surface area (Å²) in [5, 5.41) is 14.3. The van der Waals surface area contributed by atoms with Gasteiger partial charge in [0.25, 0.3) is 0 Å². The minimum atomic E-state index is -0.849. The van der Waals surface area contributed by atoms with E-state index in [-0.39, 0.29) is 5.92 Å². The lowest BCUT2D eigenvalue weighted by Gasteiger charge is -2.28. The average Bonchev–Trinajstić information content (AvgIpc) is 2.49. The van der Waals surface area contributed by atoms with Crippen LogP contribution in [0.25, 0.3) is 0 Å². The van der Waals surface area contributed by atoms with Gasteiger partial charge in [0.05, 0.1) is 0 Å². The van der Waals surface area contributed by atoms with Crippen molar-refractivity contribution in [3.63, 3.8) is 0 Å². The van der Waals surface area contributed by atoms with Crippen LogP contribution in [0.1, 0.15) is 19.4 Å². The molecule has 3 N–H and O–H groups in total. The predicted molar refractivity (Wildman–Crippen MR) is 101 cm³/mol. The van der Waals surface area contributed by atoms with Gasteiger partial charge in [0.15, 0.2) is 0 Å². The van der Waals surface area contributed by atoms with Crippen LogP contribution in [0, 0.1) is 16.4 Å². The van der Waals surface area contributed by atoms with Gasteiger partial charge in [-0.25, -0.2) is 0 Å². The highest BCUT2D eigenvalue weighted by molar-refractivity contribution is 7.99. The van der Waals surface area contributed by atoms with Crippen LogP contribution >= 0.6 is 35.0 Å². The van der Waals surface area contributed by atoms with Crippen molar-refractivity contribution in [1.82, 2.24) is 0 Å². The molecule has 3 rings (SSSR count). The molecule has 2 nitrogen and oxygen atoms in total. The van der Waals surface area contributed by atoms with Gasteiger partial charge in [-0.2, -0.15) is 0 Å². The van der Waals surface area contributed by atoms with Gasteiger partial charge < -0.3 is 10.8 Å². The van der Waals surface area contributed by atoms with Crippen LogP contribution in [0.4, 0.5) is 0 Å². The number of benzene rings is 2. The Hall–Kier alpha value is -0.710. The lowest BCUT2D eigenvalue weighted by molar-refractivity contribution is 0.102. The van der Waals surface area contributed by atoms with Crippen molar-refractivity contribution in [1.29, 1.82) is 0 Å². The summed E-state index contributed by atoms with van der Waals surface area (Å²) in [5.74, 6) is 0.659. The molecule has 5 heteroatoms. The topological polar surface area (TPSA) is 46.2 Å². The SMILES string of the molecule is CC(CN)C(C)(O)SCc1ccc(Cl)cc1Cl.c1cc2ccc1=2. The Morgan fingerprint density at radius 1 is 1.13 bits per heavy atom. The fourth-order valence-electron chi connectivity index (χ4n) is 1.89. The molecule has 2 unspecified atom stereocenters. The van der Waals surface area contributed by atoms with Gasteiger partial charge in [-0.05, 0) is 41.6 Å². The summed E-state index contributed by atoms with van der Waals surface area (Å²) in [5.41, 5.74) is 6.52. The zero-order valence-corrected chi connectivity index (χ0v) is 15.6. The highest BCUT2D eigenvalue weighted by Crippen LogP contribution is 2.34. The average molecular weight is 370 g/mol. The summed E-state index contributed by atoms with van der Waals surface area (Å²) in [6.07, 6.45) is 0. The summed E-state index contributed by atoms with van der Waals surface area (Å²) in [4.78, 5) is -0.849. The fraction of sp³-hybridized carbons (Fsp3) is 0.333. The van der Waals surface area contributed by atoms with E-state index in [1.165, 1.54) is 22.2 Å². The van der Waals surface area contributed by atoms with Crippen LogP contribution < -0.4 is 5.73 Å². The van der Waals surface area contributed by atoms with E-state index in [2.05, 4.69) is 24.3 Å². The predicted octanol–water partition coefficient (Wildman–Crippen LogP) is 4.82. The van der Waals surface area contributed by atoms with Gasteiger partial charge in [0, 0.05) is 21.7 Å². The van der Waals surface area contributed by atoms with Gasteiger partial charge in [0.1, 0.15) is 4.93 Å². The standard InChI is InChI=1S/C12H17Cl2NOS.C6H4/c1-8(6-15)12(2,16)17-7-9-3-4-10(13)5-11(9)14;1-2-6-4-3-5(1)6/h3-5,8,16H,6-7,15H2,1-2H3;1-4H. The Morgan fingerprint density at radius 2 is 1.70 bits per heavy atom. The molecule has 124 valence electrons. The van der Waals surface area contributed by atoms with E-state index in [0.717, 1.165) is 5.56 Å². The van der Waals surface area contributed by atoms with E-state index >= 15 is 0 Å². The van der Waals surface area contributed by atoms with Crippen molar-refractivity contribution >= 4 is 35.0 Å². The molecule has 0 spiro atoms. The third-order valence-corrected chi connectivity index (χ3v) is 6.05. The summed E-state index contributed by atoms with van der Waals surface area (Å²) >= 11 is 13.3. The van der Waals surface area contributed by atoms with Crippen LogP contribution in [0.15, 0.2) is 42.5 Å². The molecular formula is C18H21Cl2NOS. The first-order valence-electron chi connectivity index (χ1n) is 7.44. The Bertz CT molecular complexity index is 714. The van der Waals surface area contributed by atoms with Gasteiger partial charge in [0.2, 0.25) is 0 Å².